The van der Waals surface area contributed by atoms with E-state index in [0.29, 0.717) is 22.2 Å². The molecule has 2 nitrogen and oxygen atoms in total. The number of benzene rings is 1. The SMILES string of the molecule is O=C(c1ccc(Cl)cc1Cl)C1CCCO1. The topological polar surface area (TPSA) is 26.3 Å². The van der Waals surface area contributed by atoms with Crippen LogP contribution in [0.3, 0.4) is 0 Å². The lowest BCUT2D eigenvalue weighted by molar-refractivity contribution is 0.0643. The minimum Gasteiger partial charge on any atom is -0.370 e. The second-order valence-corrected chi connectivity index (χ2v) is 4.33. The zero-order valence-electron chi connectivity index (χ0n) is 8.00. The molecule has 0 aromatic heterocycles. The third-order valence-electron chi connectivity index (χ3n) is 2.42. The highest BCUT2D eigenvalue weighted by molar-refractivity contribution is 6.37. The third-order valence-corrected chi connectivity index (χ3v) is 2.97. The van der Waals surface area contributed by atoms with Crippen LogP contribution in [0, 0.1) is 0 Å². The standard InChI is InChI=1S/C11H10Cl2O2/c12-7-3-4-8(9(13)6-7)11(14)10-2-1-5-15-10/h3-4,6,10H,1-2,5H2. The Morgan fingerprint density at radius 2 is 2.20 bits per heavy atom. The van der Waals surface area contributed by atoms with E-state index < -0.39 is 0 Å². The fraction of sp³-hybridized carbons (Fsp3) is 0.364. The maximum absolute atomic E-state index is 11.9. The van der Waals surface area contributed by atoms with Crippen LogP contribution >= 0.6 is 23.2 Å². The van der Waals surface area contributed by atoms with Crippen LogP contribution in [0.1, 0.15) is 23.2 Å². The molecule has 1 fully saturated rings. The second kappa shape index (κ2) is 4.52. The van der Waals surface area contributed by atoms with Gasteiger partial charge in [-0.15, -0.1) is 0 Å². The molecule has 0 amide bonds. The number of Topliss-reactive ketones (excluding diaryl/α,β-unsaturated/α-hetero) is 1. The molecule has 15 heavy (non-hydrogen) atoms. The van der Waals surface area contributed by atoms with Gasteiger partial charge in [-0.3, -0.25) is 4.79 Å². The highest BCUT2D eigenvalue weighted by Gasteiger charge is 2.26. The largest absolute Gasteiger partial charge is 0.370 e. The van der Waals surface area contributed by atoms with Crippen molar-refractivity contribution in [1.29, 1.82) is 0 Å². The summed E-state index contributed by atoms with van der Waals surface area (Å²) in [4.78, 5) is 11.9. The van der Waals surface area contributed by atoms with Gasteiger partial charge in [-0.1, -0.05) is 23.2 Å². The first-order valence-electron chi connectivity index (χ1n) is 4.79. The zero-order valence-corrected chi connectivity index (χ0v) is 9.52. The van der Waals surface area contributed by atoms with Crippen molar-refractivity contribution in [3.63, 3.8) is 0 Å². The number of hydrogen-bond acceptors (Lipinski definition) is 2. The molecule has 0 radical (unpaired) electrons. The summed E-state index contributed by atoms with van der Waals surface area (Å²) in [6.07, 6.45) is 1.38. The molecule has 1 saturated heterocycles. The van der Waals surface area contributed by atoms with Gasteiger partial charge >= 0.3 is 0 Å². The Morgan fingerprint density at radius 1 is 1.40 bits per heavy atom. The number of carbonyl (C=O) groups is 1. The van der Waals surface area contributed by atoms with E-state index in [9.17, 15) is 4.79 Å². The van der Waals surface area contributed by atoms with E-state index in [1.807, 2.05) is 0 Å². The summed E-state index contributed by atoms with van der Waals surface area (Å²) in [5.74, 6) is -0.0471. The van der Waals surface area contributed by atoms with Crippen molar-refractivity contribution in [2.24, 2.45) is 0 Å². The molecule has 1 aliphatic heterocycles. The van der Waals surface area contributed by atoms with E-state index in [0.717, 1.165) is 12.8 Å². The smallest absolute Gasteiger partial charge is 0.193 e. The van der Waals surface area contributed by atoms with Crippen molar-refractivity contribution in [3.05, 3.63) is 33.8 Å². The molecule has 0 N–H and O–H groups in total. The van der Waals surface area contributed by atoms with Gasteiger partial charge in [0.15, 0.2) is 5.78 Å². The third kappa shape index (κ3) is 2.33. The lowest BCUT2D eigenvalue weighted by atomic mass is 10.0. The van der Waals surface area contributed by atoms with Crippen LogP contribution in [0.15, 0.2) is 18.2 Å². The summed E-state index contributed by atoms with van der Waals surface area (Å²) in [5.41, 5.74) is 0.493. The highest BCUT2D eigenvalue weighted by Crippen LogP contribution is 2.25. The van der Waals surface area contributed by atoms with Gasteiger partial charge in [0, 0.05) is 17.2 Å². The van der Waals surface area contributed by atoms with E-state index in [1.54, 1.807) is 18.2 Å². The summed E-state index contributed by atoms with van der Waals surface area (Å²) in [6.45, 7) is 0.654. The van der Waals surface area contributed by atoms with Crippen molar-refractivity contribution >= 4 is 29.0 Å². The molecule has 1 aromatic carbocycles. The molecule has 0 aliphatic carbocycles. The molecule has 1 aliphatic rings. The van der Waals surface area contributed by atoms with E-state index in [-0.39, 0.29) is 11.9 Å². The maximum Gasteiger partial charge on any atom is 0.193 e. The summed E-state index contributed by atoms with van der Waals surface area (Å²) < 4.78 is 5.31. The minimum absolute atomic E-state index is 0.0471. The average molecular weight is 245 g/mol. The van der Waals surface area contributed by atoms with Crippen LogP contribution in [0.2, 0.25) is 10.0 Å². The summed E-state index contributed by atoms with van der Waals surface area (Å²) in [6, 6.07) is 4.88. The van der Waals surface area contributed by atoms with Crippen molar-refractivity contribution in [3.8, 4) is 0 Å². The van der Waals surface area contributed by atoms with E-state index >= 15 is 0 Å². The molecule has 1 aromatic rings. The number of ether oxygens (including phenoxy) is 1. The first-order chi connectivity index (χ1) is 7.18. The predicted octanol–water partition coefficient (Wildman–Crippen LogP) is 3.36. The molecular weight excluding hydrogens is 235 g/mol. The minimum atomic E-state index is -0.330. The number of ketones is 1. The lowest BCUT2D eigenvalue weighted by Gasteiger charge is -2.09. The molecule has 1 unspecified atom stereocenters. The molecule has 0 bridgehead atoms. The Morgan fingerprint density at radius 3 is 2.80 bits per heavy atom. The summed E-state index contributed by atoms with van der Waals surface area (Å²) in [5, 5.41) is 0.923. The van der Waals surface area contributed by atoms with Crippen LogP contribution in [0.5, 0.6) is 0 Å². The van der Waals surface area contributed by atoms with Gasteiger partial charge in [0.05, 0.1) is 5.02 Å². The number of hydrogen-bond donors (Lipinski definition) is 0. The molecular formula is C11H10Cl2O2. The highest BCUT2D eigenvalue weighted by atomic mass is 35.5. The normalized spacial score (nSPS) is 20.5. The Balaban J connectivity index is 2.24. The van der Waals surface area contributed by atoms with Gasteiger partial charge in [-0.05, 0) is 31.0 Å². The van der Waals surface area contributed by atoms with Crippen molar-refractivity contribution in [2.45, 2.75) is 18.9 Å². The Hall–Kier alpha value is -0.570. The number of halogens is 2. The van der Waals surface area contributed by atoms with Crippen LogP contribution in [0.4, 0.5) is 0 Å². The Bertz CT molecular complexity index is 384. The van der Waals surface area contributed by atoms with Crippen molar-refractivity contribution in [2.75, 3.05) is 6.61 Å². The van der Waals surface area contributed by atoms with E-state index in [1.165, 1.54) is 0 Å². The summed E-state index contributed by atoms with van der Waals surface area (Å²) in [7, 11) is 0. The van der Waals surface area contributed by atoms with Gasteiger partial charge in [-0.2, -0.15) is 0 Å². The van der Waals surface area contributed by atoms with E-state index in [2.05, 4.69) is 0 Å². The van der Waals surface area contributed by atoms with Crippen LogP contribution in [-0.4, -0.2) is 18.5 Å². The molecule has 1 heterocycles. The van der Waals surface area contributed by atoms with Crippen LogP contribution in [0.25, 0.3) is 0 Å². The first-order valence-corrected chi connectivity index (χ1v) is 5.55. The monoisotopic (exact) mass is 244 g/mol. The number of carbonyl (C=O) groups excluding carboxylic acids is 1. The molecule has 80 valence electrons. The van der Waals surface area contributed by atoms with Crippen molar-refractivity contribution < 1.29 is 9.53 Å². The zero-order chi connectivity index (χ0) is 10.8. The fourth-order valence-corrected chi connectivity index (χ4v) is 2.15. The molecule has 0 saturated carbocycles. The second-order valence-electron chi connectivity index (χ2n) is 3.49. The van der Waals surface area contributed by atoms with Gasteiger partial charge in [0.1, 0.15) is 6.10 Å². The van der Waals surface area contributed by atoms with Gasteiger partial charge in [-0.25, -0.2) is 0 Å². The molecule has 0 spiro atoms. The van der Waals surface area contributed by atoms with Crippen LogP contribution < -0.4 is 0 Å². The maximum atomic E-state index is 11.9. The molecule has 4 heteroatoms. The summed E-state index contributed by atoms with van der Waals surface area (Å²) >= 11 is 11.7. The predicted molar refractivity (Wildman–Crippen MR) is 59.8 cm³/mol. The van der Waals surface area contributed by atoms with Gasteiger partial charge in [0.25, 0.3) is 0 Å². The first kappa shape index (κ1) is 10.9. The fourth-order valence-electron chi connectivity index (χ4n) is 1.65. The van der Waals surface area contributed by atoms with Gasteiger partial charge in [0.2, 0.25) is 0 Å². The Labute approximate surface area is 98.1 Å². The number of rotatable bonds is 2. The van der Waals surface area contributed by atoms with E-state index in [4.69, 9.17) is 27.9 Å². The van der Waals surface area contributed by atoms with Gasteiger partial charge < -0.3 is 4.74 Å². The van der Waals surface area contributed by atoms with Crippen LogP contribution in [-0.2, 0) is 4.74 Å². The Kier molecular flexibility index (Phi) is 3.29. The lowest BCUT2D eigenvalue weighted by Crippen LogP contribution is -2.19. The average Bonchev–Trinajstić information content (AvgIpc) is 2.69. The van der Waals surface area contributed by atoms with Crippen molar-refractivity contribution in [1.82, 2.24) is 0 Å². The quantitative estimate of drug-likeness (QED) is 0.747. The molecule has 2 rings (SSSR count). The molecule has 1 atom stereocenters.